The van der Waals surface area contributed by atoms with Crippen molar-refractivity contribution in [2.75, 3.05) is 7.11 Å². The van der Waals surface area contributed by atoms with Gasteiger partial charge in [-0.15, -0.1) is 0 Å². The Morgan fingerprint density at radius 1 is 1.12 bits per heavy atom. The molecule has 1 aliphatic carbocycles. The van der Waals surface area contributed by atoms with E-state index in [1.807, 2.05) is 43.3 Å². The minimum absolute atomic E-state index is 0.201. The van der Waals surface area contributed by atoms with Crippen LogP contribution in [0.2, 0.25) is 0 Å². The normalized spacial score (nSPS) is 13.0. The Balaban J connectivity index is 1.68. The van der Waals surface area contributed by atoms with E-state index in [1.54, 1.807) is 7.11 Å². The van der Waals surface area contributed by atoms with Gasteiger partial charge in [0.1, 0.15) is 23.7 Å². The molecule has 0 radical (unpaired) electrons. The van der Waals surface area contributed by atoms with Crippen LogP contribution >= 0.6 is 0 Å². The molecule has 0 N–H and O–H groups in total. The first-order chi connectivity index (χ1) is 12.2. The van der Waals surface area contributed by atoms with Gasteiger partial charge < -0.3 is 13.9 Å². The van der Waals surface area contributed by atoms with Crippen LogP contribution in [0.1, 0.15) is 28.7 Å². The molecule has 1 aromatic heterocycles. The summed E-state index contributed by atoms with van der Waals surface area (Å²) in [5.74, 6) is 1.54. The van der Waals surface area contributed by atoms with E-state index in [4.69, 9.17) is 13.9 Å². The lowest BCUT2D eigenvalue weighted by atomic mass is 10.0. The van der Waals surface area contributed by atoms with Crippen molar-refractivity contribution in [2.45, 2.75) is 32.8 Å². The second-order valence-corrected chi connectivity index (χ2v) is 6.41. The average molecular weight is 336 g/mol. The van der Waals surface area contributed by atoms with Crippen LogP contribution in [0.15, 0.2) is 45.6 Å². The van der Waals surface area contributed by atoms with Crippen molar-refractivity contribution < 1.29 is 13.9 Å². The van der Waals surface area contributed by atoms with Crippen LogP contribution in [0.4, 0.5) is 0 Å². The molecule has 4 heteroatoms. The number of hydrogen-bond acceptors (Lipinski definition) is 4. The molecular formula is C21H20O4. The van der Waals surface area contributed by atoms with Crippen molar-refractivity contribution >= 4 is 11.0 Å². The first-order valence-electron chi connectivity index (χ1n) is 8.51. The lowest BCUT2D eigenvalue weighted by molar-refractivity contribution is 0.303. The molecule has 0 saturated carbocycles. The summed E-state index contributed by atoms with van der Waals surface area (Å²) in [6, 6.07) is 11.8. The van der Waals surface area contributed by atoms with Gasteiger partial charge in [0.25, 0.3) is 0 Å². The molecule has 1 heterocycles. The summed E-state index contributed by atoms with van der Waals surface area (Å²) in [6.07, 6.45) is 2.79. The summed E-state index contributed by atoms with van der Waals surface area (Å²) in [4.78, 5) is 12.2. The van der Waals surface area contributed by atoms with Gasteiger partial charge in [0.2, 0.25) is 0 Å². The quantitative estimate of drug-likeness (QED) is 0.671. The van der Waals surface area contributed by atoms with Crippen molar-refractivity contribution in [3.63, 3.8) is 0 Å². The van der Waals surface area contributed by atoms with E-state index in [9.17, 15) is 4.79 Å². The second kappa shape index (κ2) is 6.28. The number of fused-ring (bicyclic) bond motifs is 3. The molecule has 0 amide bonds. The largest absolute Gasteiger partial charge is 0.497 e. The van der Waals surface area contributed by atoms with Gasteiger partial charge in [-0.25, -0.2) is 4.79 Å². The highest BCUT2D eigenvalue weighted by Crippen LogP contribution is 2.33. The highest BCUT2D eigenvalue weighted by molar-refractivity contribution is 5.86. The van der Waals surface area contributed by atoms with E-state index in [1.165, 1.54) is 0 Å². The summed E-state index contributed by atoms with van der Waals surface area (Å²) >= 11 is 0. The summed E-state index contributed by atoms with van der Waals surface area (Å²) in [6.45, 7) is 2.37. The van der Waals surface area contributed by atoms with Gasteiger partial charge in [-0.3, -0.25) is 0 Å². The second-order valence-electron chi connectivity index (χ2n) is 6.41. The van der Waals surface area contributed by atoms with Crippen LogP contribution in [0.25, 0.3) is 11.0 Å². The first-order valence-corrected chi connectivity index (χ1v) is 8.51. The van der Waals surface area contributed by atoms with Crippen molar-refractivity contribution in [1.82, 2.24) is 0 Å². The predicted octanol–water partition coefficient (Wildman–Crippen LogP) is 4.18. The van der Waals surface area contributed by atoms with Gasteiger partial charge >= 0.3 is 5.63 Å². The highest BCUT2D eigenvalue weighted by atomic mass is 16.5. The fraction of sp³-hybridized carbons (Fsp3) is 0.286. The third kappa shape index (κ3) is 2.78. The number of ether oxygens (including phenoxy) is 2. The Labute approximate surface area is 146 Å². The minimum Gasteiger partial charge on any atom is -0.497 e. The molecule has 1 aliphatic rings. The topological polar surface area (TPSA) is 48.7 Å². The van der Waals surface area contributed by atoms with E-state index < -0.39 is 0 Å². The van der Waals surface area contributed by atoms with Gasteiger partial charge in [0.15, 0.2) is 0 Å². The van der Waals surface area contributed by atoms with Crippen molar-refractivity contribution in [1.29, 1.82) is 0 Å². The van der Waals surface area contributed by atoms with E-state index >= 15 is 0 Å². The zero-order valence-electron chi connectivity index (χ0n) is 14.4. The van der Waals surface area contributed by atoms with E-state index in [2.05, 4.69) is 0 Å². The fourth-order valence-corrected chi connectivity index (χ4v) is 3.54. The van der Waals surface area contributed by atoms with Crippen molar-refractivity contribution in [3.05, 3.63) is 69.1 Å². The van der Waals surface area contributed by atoms with Gasteiger partial charge in [-0.2, -0.15) is 0 Å². The molecule has 0 bridgehead atoms. The number of aryl methyl sites for hydroxylation is 2. The molecule has 4 rings (SSSR count). The molecule has 0 atom stereocenters. The van der Waals surface area contributed by atoms with Gasteiger partial charge in [-0.05, 0) is 61.6 Å². The zero-order valence-corrected chi connectivity index (χ0v) is 14.4. The molecule has 0 saturated heterocycles. The fourth-order valence-electron chi connectivity index (χ4n) is 3.54. The number of rotatable bonds is 4. The summed E-state index contributed by atoms with van der Waals surface area (Å²) < 4.78 is 16.8. The number of benzene rings is 2. The molecule has 0 unspecified atom stereocenters. The van der Waals surface area contributed by atoms with E-state index in [-0.39, 0.29) is 5.63 Å². The van der Waals surface area contributed by atoms with Crippen LogP contribution in [0.5, 0.6) is 11.5 Å². The van der Waals surface area contributed by atoms with Crippen LogP contribution in [0, 0.1) is 6.92 Å². The molecule has 0 fully saturated rings. The van der Waals surface area contributed by atoms with Crippen LogP contribution in [0.3, 0.4) is 0 Å². The Bertz CT molecular complexity index is 1000. The molecule has 2 aromatic carbocycles. The van der Waals surface area contributed by atoms with E-state index in [0.717, 1.165) is 58.4 Å². The standard InChI is InChI=1S/C21H20O4/c1-13-19(24-12-14-5-3-6-15(11-14)23-2)10-9-17-16-7-4-8-18(16)21(22)25-20(13)17/h3,5-6,9-11H,4,7-8,12H2,1-2H3. The average Bonchev–Trinajstić information content (AvgIpc) is 3.13. The summed E-state index contributed by atoms with van der Waals surface area (Å²) in [7, 11) is 1.65. The third-order valence-corrected chi connectivity index (χ3v) is 4.87. The van der Waals surface area contributed by atoms with Crippen molar-refractivity contribution in [3.8, 4) is 11.5 Å². The molecule has 25 heavy (non-hydrogen) atoms. The van der Waals surface area contributed by atoms with Crippen LogP contribution in [-0.4, -0.2) is 7.11 Å². The van der Waals surface area contributed by atoms with Crippen LogP contribution < -0.4 is 15.1 Å². The molecule has 0 spiro atoms. The minimum atomic E-state index is -0.201. The molecule has 0 aliphatic heterocycles. The maximum Gasteiger partial charge on any atom is 0.339 e. The van der Waals surface area contributed by atoms with Crippen LogP contribution in [-0.2, 0) is 19.4 Å². The zero-order chi connectivity index (χ0) is 17.4. The number of hydrogen-bond donors (Lipinski definition) is 0. The summed E-state index contributed by atoms with van der Waals surface area (Å²) in [5, 5.41) is 1.04. The Hall–Kier alpha value is -2.75. The maximum atomic E-state index is 12.2. The Morgan fingerprint density at radius 2 is 1.96 bits per heavy atom. The lowest BCUT2D eigenvalue weighted by Gasteiger charge is -2.12. The first kappa shape index (κ1) is 15.8. The smallest absolute Gasteiger partial charge is 0.339 e. The highest BCUT2D eigenvalue weighted by Gasteiger charge is 2.21. The number of methoxy groups -OCH3 is 1. The van der Waals surface area contributed by atoms with Gasteiger partial charge in [0, 0.05) is 16.5 Å². The SMILES string of the molecule is COc1cccc(COc2ccc3c4c(c(=O)oc3c2C)CCC4)c1. The van der Waals surface area contributed by atoms with Gasteiger partial charge in [-0.1, -0.05) is 12.1 Å². The lowest BCUT2D eigenvalue weighted by Crippen LogP contribution is -2.08. The Kier molecular flexibility index (Phi) is 3.96. The molecule has 3 aromatic rings. The maximum absolute atomic E-state index is 12.2. The molecule has 128 valence electrons. The third-order valence-electron chi connectivity index (χ3n) is 4.87. The van der Waals surface area contributed by atoms with Gasteiger partial charge in [0.05, 0.1) is 7.11 Å². The molecule has 4 nitrogen and oxygen atoms in total. The molecular weight excluding hydrogens is 316 g/mol. The van der Waals surface area contributed by atoms with E-state index in [0.29, 0.717) is 12.2 Å². The predicted molar refractivity (Wildman–Crippen MR) is 96.6 cm³/mol. The van der Waals surface area contributed by atoms with Crippen molar-refractivity contribution in [2.24, 2.45) is 0 Å². The summed E-state index contributed by atoms with van der Waals surface area (Å²) in [5.41, 5.74) is 4.33. The Morgan fingerprint density at radius 3 is 2.80 bits per heavy atom. The monoisotopic (exact) mass is 336 g/mol.